The predicted molar refractivity (Wildman–Crippen MR) is 82.1 cm³/mol. The van der Waals surface area contributed by atoms with Gasteiger partial charge in [0.25, 0.3) is 5.91 Å². The Balaban J connectivity index is 1.87. The smallest absolute Gasteiger partial charge is 0.253 e. The molecule has 1 unspecified atom stereocenters. The van der Waals surface area contributed by atoms with Gasteiger partial charge in [-0.25, -0.2) is 4.98 Å². The van der Waals surface area contributed by atoms with Gasteiger partial charge in [-0.15, -0.1) is 11.3 Å². The van der Waals surface area contributed by atoms with Crippen molar-refractivity contribution >= 4 is 27.5 Å². The zero-order valence-electron chi connectivity index (χ0n) is 11.6. The van der Waals surface area contributed by atoms with Crippen molar-refractivity contribution in [3.05, 3.63) is 28.8 Å². The van der Waals surface area contributed by atoms with Gasteiger partial charge in [-0.1, -0.05) is 6.42 Å². The summed E-state index contributed by atoms with van der Waals surface area (Å²) in [5.41, 5.74) is 7.75. The Kier molecular flexibility index (Phi) is 3.72. The molecule has 0 bridgehead atoms. The number of hydrogen-bond acceptors (Lipinski definition) is 4. The average molecular weight is 289 g/mol. The number of nitrogens with zero attached hydrogens (tertiary/aromatic N) is 2. The number of carbonyl (C=O) groups excluding carboxylic acids is 1. The molecule has 106 valence electrons. The minimum atomic E-state index is 0.0929. The first-order valence-electron chi connectivity index (χ1n) is 7.05. The van der Waals surface area contributed by atoms with E-state index in [-0.39, 0.29) is 11.9 Å². The second kappa shape index (κ2) is 5.50. The Hall–Kier alpha value is -1.46. The third-order valence-corrected chi connectivity index (χ3v) is 4.67. The van der Waals surface area contributed by atoms with Gasteiger partial charge in [-0.05, 0) is 38.0 Å². The maximum absolute atomic E-state index is 12.6. The molecule has 1 aromatic carbocycles. The lowest BCUT2D eigenvalue weighted by molar-refractivity contribution is 0.0755. The van der Waals surface area contributed by atoms with Crippen molar-refractivity contribution in [2.24, 2.45) is 5.73 Å². The molecule has 1 aliphatic heterocycles. The zero-order valence-corrected chi connectivity index (χ0v) is 12.4. The van der Waals surface area contributed by atoms with E-state index in [2.05, 4.69) is 4.98 Å². The quantitative estimate of drug-likeness (QED) is 0.877. The Morgan fingerprint density at radius 1 is 1.45 bits per heavy atom. The van der Waals surface area contributed by atoms with Crippen molar-refractivity contribution in [2.45, 2.75) is 32.2 Å². The molecule has 0 radical (unpaired) electrons. The molecule has 1 fully saturated rings. The number of amides is 1. The van der Waals surface area contributed by atoms with E-state index in [1.807, 2.05) is 30.0 Å². The van der Waals surface area contributed by atoms with Crippen molar-refractivity contribution in [3.8, 4) is 0 Å². The number of rotatable bonds is 1. The highest BCUT2D eigenvalue weighted by atomic mass is 32.1. The van der Waals surface area contributed by atoms with Gasteiger partial charge in [0, 0.05) is 24.7 Å². The van der Waals surface area contributed by atoms with Gasteiger partial charge in [0.05, 0.1) is 15.2 Å². The molecular formula is C15H19N3OS. The van der Waals surface area contributed by atoms with E-state index in [1.54, 1.807) is 11.3 Å². The highest BCUT2D eigenvalue weighted by Crippen LogP contribution is 2.23. The van der Waals surface area contributed by atoms with Gasteiger partial charge < -0.3 is 10.6 Å². The van der Waals surface area contributed by atoms with E-state index in [9.17, 15) is 4.79 Å². The van der Waals surface area contributed by atoms with Crippen LogP contribution in [0, 0.1) is 6.92 Å². The molecule has 1 amide bonds. The van der Waals surface area contributed by atoms with Gasteiger partial charge in [0.2, 0.25) is 0 Å². The fourth-order valence-electron chi connectivity index (χ4n) is 2.71. The minimum absolute atomic E-state index is 0.0929. The van der Waals surface area contributed by atoms with Crippen molar-refractivity contribution < 1.29 is 4.79 Å². The molecule has 1 aliphatic rings. The zero-order chi connectivity index (χ0) is 14.1. The first-order chi connectivity index (χ1) is 9.63. The molecule has 2 N–H and O–H groups in total. The van der Waals surface area contributed by atoms with Crippen molar-refractivity contribution in [1.29, 1.82) is 0 Å². The summed E-state index contributed by atoms with van der Waals surface area (Å²) in [7, 11) is 0. The fourth-order valence-corrected chi connectivity index (χ4v) is 3.58. The second-order valence-electron chi connectivity index (χ2n) is 5.42. The SMILES string of the molecule is Cc1nc2ccc(C(=O)N3CCCCC(N)C3)cc2s1. The standard InChI is InChI=1S/C15H19N3OS/c1-10-17-13-6-5-11(8-14(13)20-10)15(19)18-7-3-2-4-12(16)9-18/h5-6,8,12H,2-4,7,9,16H2,1H3. The molecule has 1 aromatic heterocycles. The predicted octanol–water partition coefficient (Wildman–Crippen LogP) is 2.56. The summed E-state index contributed by atoms with van der Waals surface area (Å²) in [4.78, 5) is 18.9. The summed E-state index contributed by atoms with van der Waals surface area (Å²) in [6.07, 6.45) is 3.16. The Morgan fingerprint density at radius 3 is 3.15 bits per heavy atom. The van der Waals surface area contributed by atoms with Crippen LogP contribution in [0.25, 0.3) is 10.2 Å². The Labute approximate surface area is 122 Å². The van der Waals surface area contributed by atoms with Gasteiger partial charge in [0.1, 0.15) is 0 Å². The number of aromatic nitrogens is 1. The monoisotopic (exact) mass is 289 g/mol. The number of thiazole rings is 1. The molecule has 2 heterocycles. The minimum Gasteiger partial charge on any atom is -0.337 e. The largest absolute Gasteiger partial charge is 0.337 e. The summed E-state index contributed by atoms with van der Waals surface area (Å²) in [5.74, 6) is 0.0929. The number of aryl methyl sites for hydroxylation is 1. The van der Waals surface area contributed by atoms with E-state index >= 15 is 0 Å². The summed E-state index contributed by atoms with van der Waals surface area (Å²) >= 11 is 1.63. The third-order valence-electron chi connectivity index (χ3n) is 3.74. The van der Waals surface area contributed by atoms with Crippen molar-refractivity contribution in [2.75, 3.05) is 13.1 Å². The molecule has 4 nitrogen and oxygen atoms in total. The van der Waals surface area contributed by atoms with Gasteiger partial charge in [-0.3, -0.25) is 4.79 Å². The molecule has 5 heteroatoms. The molecule has 2 aromatic rings. The van der Waals surface area contributed by atoms with Crippen LogP contribution in [0.5, 0.6) is 0 Å². The van der Waals surface area contributed by atoms with Gasteiger partial charge in [-0.2, -0.15) is 0 Å². The fraction of sp³-hybridized carbons (Fsp3) is 0.467. The van der Waals surface area contributed by atoms with E-state index < -0.39 is 0 Å². The highest BCUT2D eigenvalue weighted by molar-refractivity contribution is 7.18. The first-order valence-corrected chi connectivity index (χ1v) is 7.87. The van der Waals surface area contributed by atoms with Crippen molar-refractivity contribution in [3.63, 3.8) is 0 Å². The van der Waals surface area contributed by atoms with Crippen LogP contribution >= 0.6 is 11.3 Å². The van der Waals surface area contributed by atoms with Crippen molar-refractivity contribution in [1.82, 2.24) is 9.88 Å². The molecule has 20 heavy (non-hydrogen) atoms. The molecule has 3 rings (SSSR count). The number of hydrogen-bond donors (Lipinski definition) is 1. The van der Waals surface area contributed by atoms with Crippen LogP contribution in [-0.4, -0.2) is 34.9 Å². The third kappa shape index (κ3) is 2.69. The lowest BCUT2D eigenvalue weighted by atomic mass is 10.1. The average Bonchev–Trinajstić information content (AvgIpc) is 2.65. The van der Waals surface area contributed by atoms with E-state index in [0.29, 0.717) is 6.54 Å². The summed E-state index contributed by atoms with van der Waals surface area (Å²) in [5, 5.41) is 1.03. The van der Waals surface area contributed by atoms with E-state index in [0.717, 1.165) is 46.6 Å². The normalized spacial score (nSPS) is 20.1. The maximum Gasteiger partial charge on any atom is 0.253 e. The first kappa shape index (κ1) is 13.5. The number of likely N-dealkylation sites (tertiary alicyclic amines) is 1. The number of nitrogens with two attached hydrogens (primary N) is 1. The molecule has 0 spiro atoms. The Bertz CT molecular complexity index is 637. The lowest BCUT2D eigenvalue weighted by Gasteiger charge is -2.22. The number of carbonyl (C=O) groups is 1. The number of fused-ring (bicyclic) bond motifs is 1. The van der Waals surface area contributed by atoms with E-state index in [1.165, 1.54) is 0 Å². The number of benzene rings is 1. The van der Waals surface area contributed by atoms with Crippen LogP contribution in [0.3, 0.4) is 0 Å². The van der Waals surface area contributed by atoms with Crippen LogP contribution in [0.2, 0.25) is 0 Å². The van der Waals surface area contributed by atoms with Crippen LogP contribution in [0.4, 0.5) is 0 Å². The topological polar surface area (TPSA) is 59.2 Å². The van der Waals surface area contributed by atoms with Crippen LogP contribution < -0.4 is 5.73 Å². The highest BCUT2D eigenvalue weighted by Gasteiger charge is 2.21. The summed E-state index contributed by atoms with van der Waals surface area (Å²) < 4.78 is 1.08. The molecular weight excluding hydrogens is 270 g/mol. The summed E-state index contributed by atoms with van der Waals surface area (Å²) in [6, 6.07) is 5.87. The second-order valence-corrected chi connectivity index (χ2v) is 6.66. The Morgan fingerprint density at radius 2 is 2.30 bits per heavy atom. The molecule has 1 atom stereocenters. The lowest BCUT2D eigenvalue weighted by Crippen LogP contribution is -2.39. The summed E-state index contributed by atoms with van der Waals surface area (Å²) in [6.45, 7) is 3.46. The van der Waals surface area contributed by atoms with E-state index in [4.69, 9.17) is 5.73 Å². The van der Waals surface area contributed by atoms with Gasteiger partial charge >= 0.3 is 0 Å². The van der Waals surface area contributed by atoms with Crippen LogP contribution in [0.1, 0.15) is 34.6 Å². The molecule has 0 aliphatic carbocycles. The van der Waals surface area contributed by atoms with Gasteiger partial charge in [0.15, 0.2) is 0 Å². The molecule has 0 saturated carbocycles. The van der Waals surface area contributed by atoms with Crippen LogP contribution in [-0.2, 0) is 0 Å². The maximum atomic E-state index is 12.6. The molecule has 1 saturated heterocycles. The van der Waals surface area contributed by atoms with Crippen LogP contribution in [0.15, 0.2) is 18.2 Å².